The Labute approximate surface area is 122 Å². The average Bonchev–Trinajstić information content (AvgIpc) is 2.64. The van der Waals surface area contributed by atoms with Gasteiger partial charge in [-0.3, -0.25) is 4.79 Å². The standard InChI is InChI=1S/C18H25NO/c1-14-9-10-17-15(12-14)7-5-11-19(17)13-16-6-3-2-4-8-18(16)20/h9-10,12,16H,2-8,11,13H2,1H3. The molecule has 1 aromatic rings. The average molecular weight is 271 g/mol. The summed E-state index contributed by atoms with van der Waals surface area (Å²) in [5.41, 5.74) is 4.19. The SMILES string of the molecule is Cc1ccc2c(c1)CCCN2CC1CCCCCC1=O. The lowest BCUT2D eigenvalue weighted by molar-refractivity contribution is -0.122. The van der Waals surface area contributed by atoms with Crippen LogP contribution < -0.4 is 4.90 Å². The summed E-state index contributed by atoms with van der Waals surface area (Å²) < 4.78 is 0. The first-order valence-electron chi connectivity index (χ1n) is 8.11. The molecule has 2 nitrogen and oxygen atoms in total. The second-order valence-corrected chi connectivity index (χ2v) is 6.44. The topological polar surface area (TPSA) is 20.3 Å². The summed E-state index contributed by atoms with van der Waals surface area (Å²) in [4.78, 5) is 14.7. The Morgan fingerprint density at radius 1 is 1.15 bits per heavy atom. The molecule has 1 saturated carbocycles. The molecule has 20 heavy (non-hydrogen) atoms. The van der Waals surface area contributed by atoms with Crippen LogP contribution >= 0.6 is 0 Å². The van der Waals surface area contributed by atoms with Gasteiger partial charge in [-0.15, -0.1) is 0 Å². The fraction of sp³-hybridized carbons (Fsp3) is 0.611. The highest BCUT2D eigenvalue weighted by molar-refractivity contribution is 5.82. The third-order valence-corrected chi connectivity index (χ3v) is 4.82. The molecule has 0 aromatic heterocycles. The van der Waals surface area contributed by atoms with E-state index in [0.29, 0.717) is 5.78 Å². The summed E-state index contributed by atoms with van der Waals surface area (Å²) >= 11 is 0. The molecule has 1 atom stereocenters. The van der Waals surface area contributed by atoms with E-state index >= 15 is 0 Å². The van der Waals surface area contributed by atoms with Gasteiger partial charge in [0.2, 0.25) is 0 Å². The largest absolute Gasteiger partial charge is 0.371 e. The molecular weight excluding hydrogens is 246 g/mol. The van der Waals surface area contributed by atoms with Gasteiger partial charge in [0.1, 0.15) is 5.78 Å². The molecule has 3 rings (SSSR count). The van der Waals surface area contributed by atoms with E-state index < -0.39 is 0 Å². The zero-order valence-corrected chi connectivity index (χ0v) is 12.5. The molecule has 0 N–H and O–H groups in total. The molecule has 0 bridgehead atoms. The number of carbonyl (C=O) groups is 1. The maximum absolute atomic E-state index is 12.2. The van der Waals surface area contributed by atoms with Crippen molar-refractivity contribution in [2.45, 2.75) is 51.9 Å². The summed E-state index contributed by atoms with van der Waals surface area (Å²) in [6.07, 6.45) is 7.87. The van der Waals surface area contributed by atoms with E-state index in [2.05, 4.69) is 30.0 Å². The molecule has 1 aromatic carbocycles. The summed E-state index contributed by atoms with van der Waals surface area (Å²) in [5, 5.41) is 0. The maximum atomic E-state index is 12.2. The van der Waals surface area contributed by atoms with Crippen LogP contribution in [0.1, 0.15) is 49.7 Å². The van der Waals surface area contributed by atoms with Crippen LogP contribution in [0.5, 0.6) is 0 Å². The van der Waals surface area contributed by atoms with Gasteiger partial charge in [-0.1, -0.05) is 30.5 Å². The summed E-state index contributed by atoms with van der Waals surface area (Å²) in [7, 11) is 0. The fourth-order valence-corrected chi connectivity index (χ4v) is 3.68. The zero-order chi connectivity index (χ0) is 13.9. The number of benzene rings is 1. The summed E-state index contributed by atoms with van der Waals surface area (Å²) in [5.74, 6) is 0.770. The van der Waals surface area contributed by atoms with E-state index in [1.165, 1.54) is 42.5 Å². The lowest BCUT2D eigenvalue weighted by atomic mass is 9.94. The van der Waals surface area contributed by atoms with Crippen molar-refractivity contribution in [3.05, 3.63) is 29.3 Å². The third kappa shape index (κ3) is 2.89. The second-order valence-electron chi connectivity index (χ2n) is 6.44. The van der Waals surface area contributed by atoms with Crippen molar-refractivity contribution >= 4 is 11.5 Å². The smallest absolute Gasteiger partial charge is 0.137 e. The van der Waals surface area contributed by atoms with Gasteiger partial charge in [0, 0.05) is 31.1 Å². The van der Waals surface area contributed by atoms with Crippen molar-refractivity contribution in [1.29, 1.82) is 0 Å². The lowest BCUT2D eigenvalue weighted by Gasteiger charge is -2.34. The van der Waals surface area contributed by atoms with Crippen molar-refractivity contribution in [1.82, 2.24) is 0 Å². The fourth-order valence-electron chi connectivity index (χ4n) is 3.68. The van der Waals surface area contributed by atoms with Gasteiger partial charge in [0.05, 0.1) is 0 Å². The van der Waals surface area contributed by atoms with E-state index in [4.69, 9.17) is 0 Å². The quantitative estimate of drug-likeness (QED) is 0.760. The van der Waals surface area contributed by atoms with Gasteiger partial charge in [-0.05, 0) is 44.2 Å². The number of aryl methyl sites for hydroxylation is 2. The van der Waals surface area contributed by atoms with Crippen molar-refractivity contribution in [2.24, 2.45) is 5.92 Å². The predicted molar refractivity (Wildman–Crippen MR) is 83.3 cm³/mol. The maximum Gasteiger partial charge on any atom is 0.137 e. The van der Waals surface area contributed by atoms with E-state index in [9.17, 15) is 4.79 Å². The number of Topliss-reactive ketones (excluding diaryl/α,β-unsaturated/α-hetero) is 1. The summed E-state index contributed by atoms with van der Waals surface area (Å²) in [6, 6.07) is 6.77. The number of ketones is 1. The normalized spacial score (nSPS) is 23.4. The monoisotopic (exact) mass is 271 g/mol. The molecule has 1 heterocycles. The number of rotatable bonds is 2. The first-order chi connectivity index (χ1) is 9.74. The lowest BCUT2D eigenvalue weighted by Crippen LogP contribution is -2.36. The van der Waals surface area contributed by atoms with Gasteiger partial charge in [-0.2, -0.15) is 0 Å². The Balaban J connectivity index is 1.77. The number of hydrogen-bond acceptors (Lipinski definition) is 2. The first kappa shape index (κ1) is 13.7. The molecule has 2 heteroatoms. The summed E-state index contributed by atoms with van der Waals surface area (Å²) in [6.45, 7) is 4.21. The van der Waals surface area contributed by atoms with Crippen LogP contribution in [-0.4, -0.2) is 18.9 Å². The highest BCUT2D eigenvalue weighted by Crippen LogP contribution is 2.30. The molecule has 2 aliphatic rings. The van der Waals surface area contributed by atoms with Crippen LogP contribution in [0, 0.1) is 12.8 Å². The molecule has 0 radical (unpaired) electrons. The van der Waals surface area contributed by atoms with Crippen LogP contribution in [-0.2, 0) is 11.2 Å². The molecule has 1 fully saturated rings. The molecule has 1 aliphatic carbocycles. The van der Waals surface area contributed by atoms with Gasteiger partial charge >= 0.3 is 0 Å². The predicted octanol–water partition coefficient (Wildman–Crippen LogP) is 3.90. The highest BCUT2D eigenvalue weighted by Gasteiger charge is 2.25. The molecule has 0 saturated heterocycles. The molecule has 1 aliphatic heterocycles. The van der Waals surface area contributed by atoms with Crippen LogP contribution in [0.4, 0.5) is 5.69 Å². The van der Waals surface area contributed by atoms with Crippen LogP contribution in [0.15, 0.2) is 18.2 Å². The number of carbonyl (C=O) groups excluding carboxylic acids is 1. The Kier molecular flexibility index (Phi) is 4.09. The molecule has 1 unspecified atom stereocenters. The highest BCUT2D eigenvalue weighted by atomic mass is 16.1. The van der Waals surface area contributed by atoms with Gasteiger partial charge in [-0.25, -0.2) is 0 Å². The van der Waals surface area contributed by atoms with E-state index in [0.717, 1.165) is 32.4 Å². The molecule has 0 spiro atoms. The Bertz CT molecular complexity index is 494. The Morgan fingerprint density at radius 2 is 2.05 bits per heavy atom. The third-order valence-electron chi connectivity index (χ3n) is 4.82. The number of fused-ring (bicyclic) bond motifs is 1. The van der Waals surface area contributed by atoms with Crippen molar-refractivity contribution < 1.29 is 4.79 Å². The number of anilines is 1. The van der Waals surface area contributed by atoms with Gasteiger partial charge in [0.25, 0.3) is 0 Å². The molecule has 108 valence electrons. The Morgan fingerprint density at radius 3 is 2.95 bits per heavy atom. The van der Waals surface area contributed by atoms with E-state index in [-0.39, 0.29) is 5.92 Å². The van der Waals surface area contributed by atoms with Crippen LogP contribution in [0.25, 0.3) is 0 Å². The molecule has 0 amide bonds. The van der Waals surface area contributed by atoms with E-state index in [1.807, 2.05) is 0 Å². The Hall–Kier alpha value is -1.31. The van der Waals surface area contributed by atoms with Gasteiger partial charge < -0.3 is 4.90 Å². The number of hydrogen-bond donors (Lipinski definition) is 0. The minimum atomic E-state index is 0.268. The zero-order valence-electron chi connectivity index (χ0n) is 12.5. The van der Waals surface area contributed by atoms with Gasteiger partial charge in [0.15, 0.2) is 0 Å². The van der Waals surface area contributed by atoms with Crippen molar-refractivity contribution in [3.63, 3.8) is 0 Å². The minimum absolute atomic E-state index is 0.268. The van der Waals surface area contributed by atoms with E-state index in [1.54, 1.807) is 0 Å². The van der Waals surface area contributed by atoms with Crippen LogP contribution in [0.2, 0.25) is 0 Å². The molecular formula is C18H25NO. The van der Waals surface area contributed by atoms with Crippen molar-refractivity contribution in [2.75, 3.05) is 18.0 Å². The first-order valence-corrected chi connectivity index (χ1v) is 8.11. The second kappa shape index (κ2) is 5.99. The van der Waals surface area contributed by atoms with Crippen molar-refractivity contribution in [3.8, 4) is 0 Å². The minimum Gasteiger partial charge on any atom is -0.371 e. The number of nitrogens with zero attached hydrogens (tertiary/aromatic N) is 1. The van der Waals surface area contributed by atoms with Crippen LogP contribution in [0.3, 0.4) is 0 Å².